The number of hydrogen-bond acceptors (Lipinski definition) is 2. The number of thioether (sulfide) groups is 1. The van der Waals surface area contributed by atoms with Crippen molar-refractivity contribution in [2.24, 2.45) is 5.73 Å². The molecule has 2 heteroatoms. The first-order valence-electron chi connectivity index (χ1n) is 4.07. The molecule has 2 N–H and O–H groups in total. The molecule has 62 valence electrons. The Labute approximate surface area is 73.1 Å². The predicted molar refractivity (Wildman–Crippen MR) is 51.5 cm³/mol. The van der Waals surface area contributed by atoms with Crippen molar-refractivity contribution < 1.29 is 0 Å². The highest BCUT2D eigenvalue weighted by Crippen LogP contribution is 2.39. The van der Waals surface area contributed by atoms with Gasteiger partial charge in [0.05, 0.1) is 0 Å². The Morgan fingerprint density at radius 1 is 1.64 bits per heavy atom. The summed E-state index contributed by atoms with van der Waals surface area (Å²) < 4.78 is 0.309. The lowest BCUT2D eigenvalue weighted by atomic mass is 10.00. The molecule has 0 aromatic heterocycles. The van der Waals surface area contributed by atoms with E-state index in [9.17, 15) is 0 Å². The molecule has 0 spiro atoms. The molecule has 1 fully saturated rings. The van der Waals surface area contributed by atoms with Crippen LogP contribution in [0.25, 0.3) is 0 Å². The van der Waals surface area contributed by atoms with Gasteiger partial charge in [0.1, 0.15) is 0 Å². The molecule has 1 saturated heterocycles. The second-order valence-electron chi connectivity index (χ2n) is 2.94. The van der Waals surface area contributed by atoms with Crippen LogP contribution >= 0.6 is 11.8 Å². The summed E-state index contributed by atoms with van der Waals surface area (Å²) in [6, 6.07) is 0. The highest BCUT2D eigenvalue weighted by molar-refractivity contribution is 8.00. The van der Waals surface area contributed by atoms with Gasteiger partial charge in [-0.05, 0) is 25.5 Å². The van der Waals surface area contributed by atoms with Gasteiger partial charge in [-0.15, -0.1) is 11.8 Å². The van der Waals surface area contributed by atoms with E-state index in [1.807, 2.05) is 18.7 Å². The lowest BCUT2D eigenvalue weighted by Gasteiger charge is -2.22. The van der Waals surface area contributed by atoms with Crippen LogP contribution in [0.2, 0.25) is 0 Å². The molecule has 1 unspecified atom stereocenters. The summed E-state index contributed by atoms with van der Waals surface area (Å²) in [4.78, 5) is 0. The van der Waals surface area contributed by atoms with Crippen LogP contribution in [0.1, 0.15) is 26.2 Å². The Balaban J connectivity index is 2.50. The first-order valence-corrected chi connectivity index (χ1v) is 5.05. The van der Waals surface area contributed by atoms with Crippen molar-refractivity contribution in [1.82, 2.24) is 0 Å². The molecule has 0 bridgehead atoms. The predicted octanol–water partition coefficient (Wildman–Crippen LogP) is 1.62. The minimum Gasteiger partial charge on any atom is -0.329 e. The van der Waals surface area contributed by atoms with Crippen molar-refractivity contribution in [3.8, 4) is 11.8 Å². The standard InChI is InChI=1S/C9H15NS/c1-2-3-5-9(8-10)6-4-7-11-9/h4-8,10H2,1H3. The molecule has 0 aromatic carbocycles. The molecule has 1 aliphatic rings. The Morgan fingerprint density at radius 3 is 2.91 bits per heavy atom. The van der Waals surface area contributed by atoms with Gasteiger partial charge in [0.2, 0.25) is 0 Å². The van der Waals surface area contributed by atoms with Crippen molar-refractivity contribution in [2.75, 3.05) is 12.3 Å². The molecule has 1 heterocycles. The van der Waals surface area contributed by atoms with Crippen molar-refractivity contribution >= 4 is 11.8 Å². The molecule has 0 aliphatic carbocycles. The average molecular weight is 169 g/mol. The summed E-state index contributed by atoms with van der Waals surface area (Å²) in [6.07, 6.45) is 3.54. The van der Waals surface area contributed by atoms with Gasteiger partial charge in [-0.1, -0.05) is 0 Å². The molecule has 1 aliphatic heterocycles. The molecular formula is C9H15NS. The lowest BCUT2D eigenvalue weighted by molar-refractivity contribution is 0.582. The monoisotopic (exact) mass is 169 g/mol. The summed E-state index contributed by atoms with van der Waals surface area (Å²) in [7, 11) is 0. The van der Waals surface area contributed by atoms with Crippen LogP contribution in [0, 0.1) is 11.8 Å². The Hall–Kier alpha value is -0.130. The maximum Gasteiger partial charge on any atom is 0.0391 e. The maximum absolute atomic E-state index is 5.72. The molecule has 0 radical (unpaired) electrons. The fourth-order valence-electron chi connectivity index (χ4n) is 1.38. The fourth-order valence-corrected chi connectivity index (χ4v) is 2.68. The first kappa shape index (κ1) is 8.96. The SMILES string of the molecule is CC#CCC1(CN)CCCS1. The molecule has 11 heavy (non-hydrogen) atoms. The van der Waals surface area contributed by atoms with E-state index in [1.54, 1.807) is 0 Å². The summed E-state index contributed by atoms with van der Waals surface area (Å²) >= 11 is 2.00. The third kappa shape index (κ3) is 2.15. The second kappa shape index (κ2) is 4.04. The van der Waals surface area contributed by atoms with Crippen LogP contribution in [0.5, 0.6) is 0 Å². The van der Waals surface area contributed by atoms with Gasteiger partial charge in [0.25, 0.3) is 0 Å². The van der Waals surface area contributed by atoms with Gasteiger partial charge >= 0.3 is 0 Å². The van der Waals surface area contributed by atoms with Crippen LogP contribution < -0.4 is 5.73 Å². The van der Waals surface area contributed by atoms with Gasteiger partial charge < -0.3 is 5.73 Å². The van der Waals surface area contributed by atoms with E-state index in [0.717, 1.165) is 13.0 Å². The average Bonchev–Trinajstić information content (AvgIpc) is 2.50. The van der Waals surface area contributed by atoms with Crippen molar-refractivity contribution in [1.29, 1.82) is 0 Å². The van der Waals surface area contributed by atoms with Crippen LogP contribution in [0.15, 0.2) is 0 Å². The molecule has 0 saturated carbocycles. The second-order valence-corrected chi connectivity index (χ2v) is 4.51. The molecular weight excluding hydrogens is 154 g/mol. The van der Waals surface area contributed by atoms with Gasteiger partial charge in [0, 0.05) is 17.7 Å². The van der Waals surface area contributed by atoms with Crippen molar-refractivity contribution in [3.63, 3.8) is 0 Å². The first-order chi connectivity index (χ1) is 5.33. The quantitative estimate of drug-likeness (QED) is 0.636. The number of nitrogens with two attached hydrogens (primary N) is 1. The molecule has 0 amide bonds. The molecule has 1 rings (SSSR count). The normalized spacial score (nSPS) is 29.6. The van der Waals surface area contributed by atoms with Crippen LogP contribution in [0.4, 0.5) is 0 Å². The van der Waals surface area contributed by atoms with E-state index in [4.69, 9.17) is 5.73 Å². The fraction of sp³-hybridized carbons (Fsp3) is 0.778. The summed E-state index contributed by atoms with van der Waals surface area (Å²) in [5.41, 5.74) is 5.72. The lowest BCUT2D eigenvalue weighted by Crippen LogP contribution is -2.31. The number of rotatable bonds is 2. The third-order valence-corrected chi connectivity index (χ3v) is 3.76. The minimum absolute atomic E-state index is 0.309. The summed E-state index contributed by atoms with van der Waals surface area (Å²) in [6.45, 7) is 2.68. The zero-order chi connectivity index (χ0) is 8.16. The van der Waals surface area contributed by atoms with E-state index in [-0.39, 0.29) is 0 Å². The highest BCUT2D eigenvalue weighted by atomic mass is 32.2. The summed E-state index contributed by atoms with van der Waals surface area (Å²) in [5.74, 6) is 7.33. The third-order valence-electron chi connectivity index (χ3n) is 2.14. The highest BCUT2D eigenvalue weighted by Gasteiger charge is 2.32. The molecule has 1 atom stereocenters. The van der Waals surface area contributed by atoms with Crippen LogP contribution in [0.3, 0.4) is 0 Å². The van der Waals surface area contributed by atoms with Crippen molar-refractivity contribution in [2.45, 2.75) is 30.9 Å². The van der Waals surface area contributed by atoms with E-state index >= 15 is 0 Å². The van der Waals surface area contributed by atoms with E-state index < -0.39 is 0 Å². The van der Waals surface area contributed by atoms with Gasteiger partial charge in [-0.25, -0.2) is 0 Å². The maximum atomic E-state index is 5.72. The Bertz CT molecular complexity index is 172. The Kier molecular flexibility index (Phi) is 3.29. The van der Waals surface area contributed by atoms with Crippen LogP contribution in [-0.4, -0.2) is 17.0 Å². The van der Waals surface area contributed by atoms with Gasteiger partial charge in [-0.2, -0.15) is 11.8 Å². The Morgan fingerprint density at radius 2 is 2.45 bits per heavy atom. The number of hydrogen-bond donors (Lipinski definition) is 1. The zero-order valence-corrected chi connectivity index (χ0v) is 7.84. The summed E-state index contributed by atoms with van der Waals surface area (Å²) in [5, 5.41) is 0. The largest absolute Gasteiger partial charge is 0.329 e. The van der Waals surface area contributed by atoms with E-state index in [1.165, 1.54) is 18.6 Å². The minimum atomic E-state index is 0.309. The smallest absolute Gasteiger partial charge is 0.0391 e. The topological polar surface area (TPSA) is 26.0 Å². The van der Waals surface area contributed by atoms with Gasteiger partial charge in [-0.3, -0.25) is 0 Å². The molecule has 0 aromatic rings. The zero-order valence-electron chi connectivity index (χ0n) is 7.02. The van der Waals surface area contributed by atoms with E-state index in [2.05, 4.69) is 11.8 Å². The van der Waals surface area contributed by atoms with Gasteiger partial charge in [0.15, 0.2) is 0 Å². The van der Waals surface area contributed by atoms with E-state index in [0.29, 0.717) is 4.75 Å². The van der Waals surface area contributed by atoms with Crippen LogP contribution in [-0.2, 0) is 0 Å². The van der Waals surface area contributed by atoms with Crippen molar-refractivity contribution in [3.05, 3.63) is 0 Å². The molecule has 1 nitrogen and oxygen atoms in total.